The van der Waals surface area contributed by atoms with Crippen LogP contribution in [0.15, 0.2) is 22.7 Å². The van der Waals surface area contributed by atoms with Gasteiger partial charge in [0.05, 0.1) is 5.56 Å². The second-order valence-corrected chi connectivity index (χ2v) is 10.3. The van der Waals surface area contributed by atoms with Crippen LogP contribution in [0.25, 0.3) is 0 Å². The van der Waals surface area contributed by atoms with Crippen molar-refractivity contribution in [1.82, 2.24) is 4.90 Å². The number of halogens is 2. The van der Waals surface area contributed by atoms with E-state index in [2.05, 4.69) is 38.5 Å². The van der Waals surface area contributed by atoms with Crippen LogP contribution in [-0.2, 0) is 9.84 Å². The fourth-order valence-electron chi connectivity index (χ4n) is 2.12. The number of carbonyl (C=O) groups is 1. The number of hydrogen-bond donors (Lipinski definition) is 0. The molecular weight excluding hydrogens is 489 g/mol. The van der Waals surface area contributed by atoms with Gasteiger partial charge in [-0.25, -0.2) is 8.42 Å². The molecule has 0 spiro atoms. The molecule has 1 heterocycles. The molecule has 1 amide bonds. The molecule has 4 nitrogen and oxygen atoms in total. The molecule has 1 fully saturated rings. The van der Waals surface area contributed by atoms with Crippen molar-refractivity contribution < 1.29 is 13.2 Å². The fraction of sp³-hybridized carbons (Fsp3) is 0.462. The molecule has 1 saturated heterocycles. The molecule has 1 aliphatic rings. The third-order valence-electron chi connectivity index (χ3n) is 3.32. The molecule has 0 aliphatic carbocycles. The Morgan fingerprint density at radius 1 is 1.52 bits per heavy atom. The van der Waals surface area contributed by atoms with Gasteiger partial charge >= 0.3 is 0 Å². The minimum Gasteiger partial charge on any atom is -0.320 e. The van der Waals surface area contributed by atoms with E-state index in [0.717, 1.165) is 13.8 Å². The van der Waals surface area contributed by atoms with Gasteiger partial charge in [-0.1, -0.05) is 22.9 Å². The van der Waals surface area contributed by atoms with Crippen molar-refractivity contribution in [3.63, 3.8) is 0 Å². The minimum absolute atomic E-state index is 0.0532. The standard InChI is InChI=1S/C13H15BrINO3S2/c1-2-21(18,19)12-8-20-6-5-16(12)13(17)10-7-9(14)3-4-11(10)15/h3-4,7,12H,2,5-6,8H2,1H3. The van der Waals surface area contributed by atoms with Gasteiger partial charge in [0.15, 0.2) is 9.84 Å². The summed E-state index contributed by atoms with van der Waals surface area (Å²) in [6.45, 7) is 2.09. The number of benzene rings is 1. The first-order valence-corrected chi connectivity index (χ1v) is 11.2. The van der Waals surface area contributed by atoms with E-state index < -0.39 is 15.2 Å². The number of sulfone groups is 1. The van der Waals surface area contributed by atoms with Crippen LogP contribution < -0.4 is 0 Å². The minimum atomic E-state index is -3.28. The normalized spacial score (nSPS) is 19.6. The number of thioether (sulfide) groups is 1. The Balaban J connectivity index is 2.37. The summed E-state index contributed by atoms with van der Waals surface area (Å²) in [5.41, 5.74) is 0.549. The van der Waals surface area contributed by atoms with Crippen molar-refractivity contribution in [3.8, 4) is 0 Å². The third kappa shape index (κ3) is 3.94. The van der Waals surface area contributed by atoms with Crippen molar-refractivity contribution in [1.29, 1.82) is 0 Å². The van der Waals surface area contributed by atoms with Crippen LogP contribution >= 0.6 is 50.3 Å². The molecule has 0 bridgehead atoms. The summed E-state index contributed by atoms with van der Waals surface area (Å²) < 4.78 is 26.1. The van der Waals surface area contributed by atoms with E-state index >= 15 is 0 Å². The number of nitrogens with zero attached hydrogens (tertiary/aromatic N) is 1. The number of carbonyl (C=O) groups excluding carboxylic acids is 1. The van der Waals surface area contributed by atoms with E-state index in [4.69, 9.17) is 0 Å². The molecule has 2 rings (SSSR count). The Morgan fingerprint density at radius 3 is 2.90 bits per heavy atom. The van der Waals surface area contributed by atoms with Gasteiger partial charge in [-0.05, 0) is 40.8 Å². The molecule has 1 unspecified atom stereocenters. The number of hydrogen-bond acceptors (Lipinski definition) is 4. The zero-order valence-electron chi connectivity index (χ0n) is 11.4. The van der Waals surface area contributed by atoms with Gasteiger partial charge < -0.3 is 4.90 Å². The summed E-state index contributed by atoms with van der Waals surface area (Å²) in [5.74, 6) is 1.07. The molecule has 0 radical (unpaired) electrons. The van der Waals surface area contributed by atoms with Crippen LogP contribution in [0.3, 0.4) is 0 Å². The molecular formula is C13H15BrINO3S2. The Morgan fingerprint density at radius 2 is 2.24 bits per heavy atom. The Labute approximate surface area is 151 Å². The highest BCUT2D eigenvalue weighted by Gasteiger charge is 2.36. The van der Waals surface area contributed by atoms with Crippen LogP contribution in [0.4, 0.5) is 0 Å². The SMILES string of the molecule is CCS(=O)(=O)C1CSCCN1C(=O)c1cc(Br)ccc1I. The molecule has 1 aromatic rings. The predicted molar refractivity (Wildman–Crippen MR) is 98.5 cm³/mol. The molecule has 0 N–H and O–H groups in total. The lowest BCUT2D eigenvalue weighted by atomic mass is 10.2. The van der Waals surface area contributed by atoms with E-state index in [9.17, 15) is 13.2 Å². The van der Waals surface area contributed by atoms with E-state index in [-0.39, 0.29) is 11.7 Å². The zero-order valence-corrected chi connectivity index (χ0v) is 16.8. The average molecular weight is 504 g/mol. The molecule has 0 aromatic heterocycles. The van der Waals surface area contributed by atoms with Gasteiger partial charge in [0, 0.05) is 31.8 Å². The Kier molecular flexibility index (Phi) is 6.00. The lowest BCUT2D eigenvalue weighted by Gasteiger charge is -2.35. The van der Waals surface area contributed by atoms with Crippen LogP contribution in [0.5, 0.6) is 0 Å². The van der Waals surface area contributed by atoms with E-state index in [1.54, 1.807) is 24.8 Å². The van der Waals surface area contributed by atoms with Crippen molar-refractivity contribution in [2.45, 2.75) is 12.3 Å². The van der Waals surface area contributed by atoms with Crippen LogP contribution in [0.1, 0.15) is 17.3 Å². The van der Waals surface area contributed by atoms with Crippen molar-refractivity contribution in [3.05, 3.63) is 31.8 Å². The van der Waals surface area contributed by atoms with Crippen LogP contribution in [-0.4, -0.2) is 48.4 Å². The molecule has 21 heavy (non-hydrogen) atoms. The van der Waals surface area contributed by atoms with Gasteiger partial charge in [0.1, 0.15) is 5.37 Å². The van der Waals surface area contributed by atoms with Gasteiger partial charge in [0.2, 0.25) is 0 Å². The van der Waals surface area contributed by atoms with Gasteiger partial charge in [0.25, 0.3) is 5.91 Å². The fourth-order valence-corrected chi connectivity index (χ4v) is 6.01. The zero-order chi connectivity index (χ0) is 15.6. The maximum atomic E-state index is 12.8. The predicted octanol–water partition coefficient (Wildman–Crippen LogP) is 3.00. The maximum absolute atomic E-state index is 12.8. The highest BCUT2D eigenvalue weighted by atomic mass is 127. The quantitative estimate of drug-likeness (QED) is 0.595. The first-order chi connectivity index (χ1) is 9.86. The maximum Gasteiger partial charge on any atom is 0.256 e. The number of amides is 1. The summed E-state index contributed by atoms with van der Waals surface area (Å²) >= 11 is 7.05. The van der Waals surface area contributed by atoms with E-state index in [0.29, 0.717) is 17.9 Å². The smallest absolute Gasteiger partial charge is 0.256 e. The number of rotatable bonds is 3. The Hall–Kier alpha value is 0.200. The summed E-state index contributed by atoms with van der Waals surface area (Å²) in [6.07, 6.45) is 0. The summed E-state index contributed by atoms with van der Waals surface area (Å²) in [6, 6.07) is 5.46. The van der Waals surface area contributed by atoms with Gasteiger partial charge in [-0.3, -0.25) is 4.79 Å². The summed E-state index contributed by atoms with van der Waals surface area (Å²) in [4.78, 5) is 14.3. The first-order valence-electron chi connectivity index (χ1n) is 6.42. The third-order valence-corrected chi connectivity index (χ3v) is 8.04. The molecule has 8 heteroatoms. The van der Waals surface area contributed by atoms with Crippen LogP contribution in [0.2, 0.25) is 0 Å². The second-order valence-electron chi connectivity index (χ2n) is 4.60. The molecule has 0 saturated carbocycles. The Bertz CT molecular complexity index is 651. The average Bonchev–Trinajstić information content (AvgIpc) is 2.49. The first kappa shape index (κ1) is 17.6. The highest BCUT2D eigenvalue weighted by Crippen LogP contribution is 2.26. The lowest BCUT2D eigenvalue weighted by molar-refractivity contribution is 0.0748. The summed E-state index contributed by atoms with van der Waals surface area (Å²) in [7, 11) is -3.28. The highest BCUT2D eigenvalue weighted by molar-refractivity contribution is 14.1. The van der Waals surface area contributed by atoms with Gasteiger partial charge in [-0.15, -0.1) is 0 Å². The molecule has 1 aliphatic heterocycles. The largest absolute Gasteiger partial charge is 0.320 e. The van der Waals surface area contributed by atoms with E-state index in [1.807, 2.05) is 12.1 Å². The summed E-state index contributed by atoms with van der Waals surface area (Å²) in [5, 5.41) is -0.719. The van der Waals surface area contributed by atoms with Crippen LogP contribution in [0, 0.1) is 3.57 Å². The van der Waals surface area contributed by atoms with Crippen molar-refractivity contribution in [2.75, 3.05) is 23.8 Å². The van der Waals surface area contributed by atoms with Gasteiger partial charge in [-0.2, -0.15) is 11.8 Å². The topological polar surface area (TPSA) is 54.5 Å². The lowest BCUT2D eigenvalue weighted by Crippen LogP contribution is -2.50. The molecule has 1 atom stereocenters. The van der Waals surface area contributed by atoms with Crippen molar-refractivity contribution >= 4 is 66.0 Å². The van der Waals surface area contributed by atoms with E-state index in [1.165, 1.54) is 4.90 Å². The molecule has 1 aromatic carbocycles. The second kappa shape index (κ2) is 7.18. The monoisotopic (exact) mass is 503 g/mol. The van der Waals surface area contributed by atoms with Crippen molar-refractivity contribution in [2.24, 2.45) is 0 Å². The molecule has 116 valence electrons.